The molecule has 0 radical (unpaired) electrons. The molecule has 82 valence electrons. The molecule has 1 saturated carbocycles. The summed E-state index contributed by atoms with van der Waals surface area (Å²) < 4.78 is 0. The van der Waals surface area contributed by atoms with Gasteiger partial charge in [-0.25, -0.2) is 0 Å². The van der Waals surface area contributed by atoms with Crippen LogP contribution in [0.5, 0.6) is 0 Å². The Morgan fingerprint density at radius 1 is 0.786 bits per heavy atom. The number of halogens is 1. The fraction of sp³-hybridized carbons (Fsp3) is 0.846. The summed E-state index contributed by atoms with van der Waals surface area (Å²) in [7, 11) is 0. The number of hydrogen-bond acceptors (Lipinski definition) is 0. The molecule has 2 aliphatic rings. The Labute approximate surface area is 106 Å². The van der Waals surface area contributed by atoms with Gasteiger partial charge in [0, 0.05) is 0 Å². The Bertz CT molecular complexity index is 222. The lowest BCUT2D eigenvalue weighted by Gasteiger charge is -2.47. The molecule has 14 heavy (non-hydrogen) atoms. The van der Waals surface area contributed by atoms with Crippen molar-refractivity contribution in [2.75, 3.05) is 0 Å². The maximum absolute atomic E-state index is 2.46. The Hall–Kier alpha value is 0.470. The van der Waals surface area contributed by atoms with Gasteiger partial charge in [0.15, 0.2) is 0 Å². The summed E-state index contributed by atoms with van der Waals surface area (Å²) in [5.41, 5.74) is 1.42. The highest BCUT2D eigenvalue weighted by molar-refractivity contribution is 14.0. The summed E-state index contributed by atoms with van der Waals surface area (Å²) in [5, 5.41) is 0. The molecule has 0 heterocycles. The van der Waals surface area contributed by atoms with Crippen LogP contribution in [0.15, 0.2) is 12.2 Å². The first kappa shape index (κ1) is 12.5. The van der Waals surface area contributed by atoms with Crippen molar-refractivity contribution in [2.45, 2.75) is 53.4 Å². The normalized spacial score (nSPS) is 30.6. The van der Waals surface area contributed by atoms with Crippen LogP contribution >= 0.6 is 24.0 Å². The number of rotatable bonds is 0. The third kappa shape index (κ3) is 1.38. The minimum absolute atomic E-state index is 0. The maximum atomic E-state index is 2.46. The minimum atomic E-state index is 0. The second-order valence-electron chi connectivity index (χ2n) is 6.07. The number of hydrogen-bond donors (Lipinski definition) is 0. The van der Waals surface area contributed by atoms with E-state index in [9.17, 15) is 0 Å². The molecule has 0 bridgehead atoms. The van der Waals surface area contributed by atoms with Gasteiger partial charge in [-0.3, -0.25) is 0 Å². The van der Waals surface area contributed by atoms with Gasteiger partial charge in [0.1, 0.15) is 0 Å². The first-order valence-electron chi connectivity index (χ1n) is 5.62. The van der Waals surface area contributed by atoms with Gasteiger partial charge in [-0.2, -0.15) is 0 Å². The maximum Gasteiger partial charge on any atom is -0.0110 e. The summed E-state index contributed by atoms with van der Waals surface area (Å²) in [6, 6.07) is 0. The highest BCUT2D eigenvalue weighted by Crippen LogP contribution is 2.65. The Morgan fingerprint density at radius 2 is 1.14 bits per heavy atom. The zero-order valence-electron chi connectivity index (χ0n) is 9.89. The van der Waals surface area contributed by atoms with Crippen molar-refractivity contribution < 1.29 is 0 Å². The van der Waals surface area contributed by atoms with Crippen molar-refractivity contribution in [1.82, 2.24) is 0 Å². The molecule has 0 aromatic rings. The fourth-order valence-corrected chi connectivity index (χ4v) is 3.83. The minimum Gasteiger partial charge on any atom is -0.107 e. The molecule has 0 aromatic heterocycles. The molecule has 2 aliphatic carbocycles. The third-order valence-electron chi connectivity index (χ3n) is 4.84. The standard InChI is InChI=1S/C13H22.HI/c1-11(2)9-10-12(3,4)13(11)7-5-6-8-13;/h9-10H,5-8H2,1-4H3;1H. The summed E-state index contributed by atoms with van der Waals surface area (Å²) in [4.78, 5) is 0. The van der Waals surface area contributed by atoms with Crippen molar-refractivity contribution >= 4 is 24.0 Å². The largest absolute Gasteiger partial charge is 0.107 e. The van der Waals surface area contributed by atoms with Gasteiger partial charge in [-0.15, -0.1) is 24.0 Å². The molecule has 1 fully saturated rings. The van der Waals surface area contributed by atoms with E-state index in [4.69, 9.17) is 0 Å². The van der Waals surface area contributed by atoms with Crippen LogP contribution in [-0.2, 0) is 0 Å². The molecule has 1 heteroatoms. The smallest absolute Gasteiger partial charge is 0.0110 e. The van der Waals surface area contributed by atoms with Gasteiger partial charge in [0.25, 0.3) is 0 Å². The third-order valence-corrected chi connectivity index (χ3v) is 4.84. The van der Waals surface area contributed by atoms with Crippen molar-refractivity contribution in [2.24, 2.45) is 16.2 Å². The van der Waals surface area contributed by atoms with Crippen LogP contribution in [0.25, 0.3) is 0 Å². The molecule has 0 saturated heterocycles. The van der Waals surface area contributed by atoms with Gasteiger partial charge < -0.3 is 0 Å². The van der Waals surface area contributed by atoms with Gasteiger partial charge in [-0.05, 0) is 29.1 Å². The summed E-state index contributed by atoms with van der Waals surface area (Å²) in [6.45, 7) is 9.68. The zero-order valence-corrected chi connectivity index (χ0v) is 12.2. The van der Waals surface area contributed by atoms with E-state index in [0.29, 0.717) is 16.2 Å². The topological polar surface area (TPSA) is 0 Å². The van der Waals surface area contributed by atoms with Crippen molar-refractivity contribution in [3.63, 3.8) is 0 Å². The molecule has 0 nitrogen and oxygen atoms in total. The second kappa shape index (κ2) is 3.50. The van der Waals surface area contributed by atoms with Gasteiger partial charge in [-0.1, -0.05) is 52.7 Å². The lowest BCUT2D eigenvalue weighted by molar-refractivity contribution is 0.0357. The van der Waals surface area contributed by atoms with E-state index in [1.807, 2.05) is 0 Å². The van der Waals surface area contributed by atoms with Crippen molar-refractivity contribution in [1.29, 1.82) is 0 Å². The van der Waals surface area contributed by atoms with E-state index < -0.39 is 0 Å². The first-order valence-corrected chi connectivity index (χ1v) is 5.62. The van der Waals surface area contributed by atoms with Crippen molar-refractivity contribution in [3.8, 4) is 0 Å². The highest BCUT2D eigenvalue weighted by Gasteiger charge is 2.56. The van der Waals surface area contributed by atoms with E-state index in [1.54, 1.807) is 0 Å². The van der Waals surface area contributed by atoms with E-state index >= 15 is 0 Å². The van der Waals surface area contributed by atoms with E-state index in [2.05, 4.69) is 39.8 Å². The Morgan fingerprint density at radius 3 is 1.50 bits per heavy atom. The quantitative estimate of drug-likeness (QED) is 0.446. The monoisotopic (exact) mass is 306 g/mol. The average molecular weight is 306 g/mol. The molecule has 0 aromatic carbocycles. The van der Waals surface area contributed by atoms with Crippen LogP contribution in [0.4, 0.5) is 0 Å². The fourth-order valence-electron chi connectivity index (χ4n) is 3.83. The molecule has 0 amide bonds. The SMILES string of the molecule is CC1(C)C=CC(C)(C)C12CCCC2.I. The first-order chi connectivity index (χ1) is 5.91. The lowest BCUT2D eigenvalue weighted by Crippen LogP contribution is -2.40. The predicted octanol–water partition coefficient (Wildman–Crippen LogP) is 4.79. The number of allylic oxidation sites excluding steroid dienone is 2. The Kier molecular flexibility index (Phi) is 3.13. The van der Waals surface area contributed by atoms with Gasteiger partial charge in [0.05, 0.1) is 0 Å². The average Bonchev–Trinajstić information content (AvgIpc) is 2.55. The highest BCUT2D eigenvalue weighted by atomic mass is 127. The van der Waals surface area contributed by atoms with Crippen LogP contribution < -0.4 is 0 Å². The molecule has 0 N–H and O–H groups in total. The molecule has 0 atom stereocenters. The van der Waals surface area contributed by atoms with E-state index in [-0.39, 0.29) is 24.0 Å². The van der Waals surface area contributed by atoms with Crippen LogP contribution in [0, 0.1) is 16.2 Å². The van der Waals surface area contributed by atoms with Crippen LogP contribution in [0.2, 0.25) is 0 Å². The van der Waals surface area contributed by atoms with Crippen LogP contribution in [0.3, 0.4) is 0 Å². The van der Waals surface area contributed by atoms with E-state index in [0.717, 1.165) is 0 Å². The van der Waals surface area contributed by atoms with E-state index in [1.165, 1.54) is 25.7 Å². The van der Waals surface area contributed by atoms with Crippen LogP contribution in [-0.4, -0.2) is 0 Å². The van der Waals surface area contributed by atoms with Crippen molar-refractivity contribution in [3.05, 3.63) is 12.2 Å². The van der Waals surface area contributed by atoms with Gasteiger partial charge in [0.2, 0.25) is 0 Å². The molecule has 1 spiro atoms. The Balaban J connectivity index is 0.000000980. The summed E-state index contributed by atoms with van der Waals surface area (Å²) >= 11 is 0. The molecule has 0 unspecified atom stereocenters. The summed E-state index contributed by atoms with van der Waals surface area (Å²) in [5.74, 6) is 0. The molecule has 0 aliphatic heterocycles. The lowest BCUT2D eigenvalue weighted by atomic mass is 9.56. The summed E-state index contributed by atoms with van der Waals surface area (Å²) in [6.07, 6.45) is 10.7. The predicted molar refractivity (Wildman–Crippen MR) is 73.0 cm³/mol. The second-order valence-corrected chi connectivity index (χ2v) is 6.07. The zero-order chi connectivity index (χ0) is 9.74. The molecule has 2 rings (SSSR count). The van der Waals surface area contributed by atoms with Crippen LogP contribution in [0.1, 0.15) is 53.4 Å². The molecular weight excluding hydrogens is 283 g/mol. The molecular formula is C13H23I. The van der Waals surface area contributed by atoms with Gasteiger partial charge >= 0.3 is 0 Å².